The Bertz CT molecular complexity index is 659. The molecule has 3 N–H and O–H groups in total. The van der Waals surface area contributed by atoms with Gasteiger partial charge in [-0.15, -0.1) is 0 Å². The Labute approximate surface area is 101 Å². The number of hydrogen-bond acceptors (Lipinski definition) is 2. The highest BCUT2D eigenvalue weighted by Gasteiger charge is 2.21. The fourth-order valence-corrected chi connectivity index (χ4v) is 2.53. The Morgan fingerprint density at radius 2 is 1.94 bits per heavy atom. The molecule has 0 amide bonds. The molecule has 0 aliphatic carbocycles. The number of hydrogen-bond donors (Lipinski definition) is 2. The van der Waals surface area contributed by atoms with Gasteiger partial charge in [-0.1, -0.05) is 34.1 Å². The van der Waals surface area contributed by atoms with E-state index in [-0.39, 0.29) is 5.84 Å². The molecular weight excluding hydrogens is 266 g/mol. The van der Waals surface area contributed by atoms with Gasteiger partial charge < -0.3 is 5.73 Å². The summed E-state index contributed by atoms with van der Waals surface area (Å²) in [5.74, 6) is 0.679. The third-order valence-electron chi connectivity index (χ3n) is 2.75. The highest BCUT2D eigenvalue weighted by atomic mass is 79.9. The first kappa shape index (κ1) is 9.54. The van der Waals surface area contributed by atoms with Crippen molar-refractivity contribution in [3.05, 3.63) is 45.9 Å². The van der Waals surface area contributed by atoms with Gasteiger partial charge in [-0.25, -0.2) is 4.99 Å². The molecule has 0 saturated heterocycles. The summed E-state index contributed by atoms with van der Waals surface area (Å²) in [6, 6.07) is 9.83. The van der Waals surface area contributed by atoms with Crippen LogP contribution in [-0.2, 0) is 0 Å². The molecule has 16 heavy (non-hydrogen) atoms. The predicted molar refractivity (Wildman–Crippen MR) is 69.2 cm³/mol. The van der Waals surface area contributed by atoms with E-state index in [9.17, 15) is 0 Å². The van der Waals surface area contributed by atoms with Gasteiger partial charge in [0, 0.05) is 15.6 Å². The molecule has 2 aromatic rings. The average Bonchev–Trinajstić information content (AvgIpc) is 2.55. The zero-order valence-corrected chi connectivity index (χ0v) is 9.88. The van der Waals surface area contributed by atoms with E-state index in [1.54, 1.807) is 0 Å². The normalized spacial score (nSPS) is 14.1. The highest BCUT2D eigenvalue weighted by molar-refractivity contribution is 9.10. The van der Waals surface area contributed by atoms with Gasteiger partial charge in [0.2, 0.25) is 0 Å². The Kier molecular flexibility index (Phi) is 1.88. The van der Waals surface area contributed by atoms with E-state index in [1.807, 2.05) is 30.3 Å². The van der Waals surface area contributed by atoms with Gasteiger partial charge in [-0.3, -0.25) is 5.41 Å². The number of halogens is 1. The van der Waals surface area contributed by atoms with Crippen LogP contribution in [-0.4, -0.2) is 11.7 Å². The molecule has 0 unspecified atom stereocenters. The van der Waals surface area contributed by atoms with Crippen molar-refractivity contribution < 1.29 is 0 Å². The van der Waals surface area contributed by atoms with Crippen LogP contribution in [0, 0.1) is 5.41 Å². The zero-order valence-electron chi connectivity index (χ0n) is 8.29. The highest BCUT2D eigenvalue weighted by Crippen LogP contribution is 2.30. The lowest BCUT2D eigenvalue weighted by atomic mass is 9.99. The van der Waals surface area contributed by atoms with E-state index in [1.165, 1.54) is 0 Å². The van der Waals surface area contributed by atoms with Crippen molar-refractivity contribution >= 4 is 38.4 Å². The van der Waals surface area contributed by atoms with Gasteiger partial charge in [0.25, 0.3) is 0 Å². The Morgan fingerprint density at radius 3 is 2.75 bits per heavy atom. The fourth-order valence-electron chi connectivity index (χ4n) is 2.03. The molecule has 1 heterocycles. The van der Waals surface area contributed by atoms with Crippen molar-refractivity contribution in [1.29, 1.82) is 5.41 Å². The number of rotatable bonds is 0. The molecule has 0 aromatic heterocycles. The number of nitrogens with zero attached hydrogens (tertiary/aromatic N) is 1. The van der Waals surface area contributed by atoms with Crippen molar-refractivity contribution in [3.8, 4) is 0 Å². The van der Waals surface area contributed by atoms with Crippen LogP contribution < -0.4 is 5.73 Å². The maximum atomic E-state index is 7.71. The van der Waals surface area contributed by atoms with Crippen molar-refractivity contribution in [3.63, 3.8) is 0 Å². The molecule has 0 fully saturated rings. The lowest BCUT2D eigenvalue weighted by molar-refractivity contribution is 1.45. The van der Waals surface area contributed by atoms with E-state index >= 15 is 0 Å². The fraction of sp³-hybridized carbons (Fsp3) is 0. The minimum Gasteiger partial charge on any atom is -0.383 e. The Hall–Kier alpha value is -1.68. The molecule has 3 nitrogen and oxygen atoms in total. The van der Waals surface area contributed by atoms with Crippen LogP contribution in [0.5, 0.6) is 0 Å². The van der Waals surface area contributed by atoms with Crippen LogP contribution in [0.4, 0.5) is 0 Å². The van der Waals surface area contributed by atoms with E-state index in [4.69, 9.17) is 11.1 Å². The smallest absolute Gasteiger partial charge is 0.154 e. The standard InChI is InChI=1S/C12H8BrN3/c13-9-3-1-2-7-6(9)4-5-8-10(7)12(15)16-11(8)14/h1-5H,(H3,14,15,16). The summed E-state index contributed by atoms with van der Waals surface area (Å²) in [6.07, 6.45) is 0. The van der Waals surface area contributed by atoms with Crippen molar-refractivity contribution in [1.82, 2.24) is 0 Å². The van der Waals surface area contributed by atoms with Gasteiger partial charge in [-0.2, -0.15) is 0 Å². The van der Waals surface area contributed by atoms with Gasteiger partial charge in [0.1, 0.15) is 5.84 Å². The number of amidine groups is 2. The van der Waals surface area contributed by atoms with Crippen molar-refractivity contribution in [2.75, 3.05) is 0 Å². The summed E-state index contributed by atoms with van der Waals surface area (Å²) in [5.41, 5.74) is 7.53. The second kappa shape index (κ2) is 3.15. The number of nitrogens with two attached hydrogens (primary N) is 1. The van der Waals surface area contributed by atoms with Crippen LogP contribution in [0.25, 0.3) is 10.8 Å². The van der Waals surface area contributed by atoms with Crippen LogP contribution in [0.3, 0.4) is 0 Å². The quantitative estimate of drug-likeness (QED) is 0.762. The molecule has 0 spiro atoms. The molecular formula is C12H8BrN3. The third kappa shape index (κ3) is 1.13. The third-order valence-corrected chi connectivity index (χ3v) is 3.44. The van der Waals surface area contributed by atoms with Crippen molar-refractivity contribution in [2.45, 2.75) is 0 Å². The van der Waals surface area contributed by atoms with E-state index in [2.05, 4.69) is 20.9 Å². The summed E-state index contributed by atoms with van der Waals surface area (Å²) in [4.78, 5) is 4.00. The zero-order chi connectivity index (χ0) is 11.3. The molecule has 0 atom stereocenters. The number of aliphatic imine (C=N–C) groups is 1. The van der Waals surface area contributed by atoms with Crippen LogP contribution in [0.1, 0.15) is 11.1 Å². The van der Waals surface area contributed by atoms with Crippen LogP contribution >= 0.6 is 15.9 Å². The van der Waals surface area contributed by atoms with Crippen LogP contribution in [0.2, 0.25) is 0 Å². The van der Waals surface area contributed by atoms with Crippen molar-refractivity contribution in [2.24, 2.45) is 10.7 Å². The Balaban J connectivity index is 2.51. The second-order valence-electron chi connectivity index (χ2n) is 3.67. The largest absolute Gasteiger partial charge is 0.383 e. The first-order chi connectivity index (χ1) is 7.68. The van der Waals surface area contributed by atoms with Gasteiger partial charge in [0.15, 0.2) is 5.84 Å². The summed E-state index contributed by atoms with van der Waals surface area (Å²) in [6.45, 7) is 0. The second-order valence-corrected chi connectivity index (χ2v) is 4.52. The maximum absolute atomic E-state index is 7.71. The molecule has 4 heteroatoms. The summed E-state index contributed by atoms with van der Waals surface area (Å²) in [7, 11) is 0. The predicted octanol–water partition coefficient (Wildman–Crippen LogP) is 2.65. The minimum absolute atomic E-state index is 0.245. The number of fused-ring (bicyclic) bond motifs is 3. The molecule has 0 bridgehead atoms. The van der Waals surface area contributed by atoms with Gasteiger partial charge in [0.05, 0.1) is 0 Å². The molecule has 3 rings (SSSR count). The molecule has 0 radical (unpaired) electrons. The van der Waals surface area contributed by atoms with Gasteiger partial charge in [-0.05, 0) is 22.9 Å². The van der Waals surface area contributed by atoms with Crippen LogP contribution in [0.15, 0.2) is 39.8 Å². The first-order valence-corrected chi connectivity index (χ1v) is 5.62. The molecule has 2 aromatic carbocycles. The molecule has 0 saturated carbocycles. The number of benzene rings is 2. The van der Waals surface area contributed by atoms with Gasteiger partial charge >= 0.3 is 0 Å². The first-order valence-electron chi connectivity index (χ1n) is 4.83. The monoisotopic (exact) mass is 273 g/mol. The van der Waals surface area contributed by atoms with E-state index in [0.29, 0.717) is 5.84 Å². The topological polar surface area (TPSA) is 62.2 Å². The Morgan fingerprint density at radius 1 is 1.12 bits per heavy atom. The lowest BCUT2D eigenvalue weighted by Crippen LogP contribution is -2.10. The molecule has 78 valence electrons. The average molecular weight is 274 g/mol. The lowest BCUT2D eigenvalue weighted by Gasteiger charge is -2.06. The maximum Gasteiger partial charge on any atom is 0.154 e. The SMILES string of the molecule is N=C1N=C(N)c2c1ccc1c(Br)cccc21. The molecule has 1 aliphatic rings. The van der Waals surface area contributed by atoms with E-state index < -0.39 is 0 Å². The summed E-state index contributed by atoms with van der Waals surface area (Å²) >= 11 is 3.51. The number of nitrogens with one attached hydrogen (secondary N) is 1. The van der Waals surface area contributed by atoms with E-state index in [0.717, 1.165) is 26.4 Å². The summed E-state index contributed by atoms with van der Waals surface area (Å²) < 4.78 is 1.03. The molecule has 1 aliphatic heterocycles. The summed E-state index contributed by atoms with van der Waals surface area (Å²) in [5, 5.41) is 9.84. The minimum atomic E-state index is 0.245.